The molecule has 0 heterocycles. The number of hydrogen-bond donors (Lipinski definition) is 0. The van der Waals surface area contributed by atoms with Crippen LogP contribution in [-0.2, 0) is 9.90 Å². The number of carbonyl (C=O) groups excluding carboxylic acids is 1. The van der Waals surface area contributed by atoms with Crippen molar-refractivity contribution in [2.75, 3.05) is 0 Å². The topological polar surface area (TPSA) is 37.0 Å². The van der Waals surface area contributed by atoms with E-state index in [1.54, 1.807) is 6.92 Å². The fourth-order valence-corrected chi connectivity index (χ4v) is 2.41. The minimum absolute atomic E-state index is 0.275. The first-order chi connectivity index (χ1) is 9.18. The molecule has 0 rings (SSSR count). The number of carbonyl (C=O) groups is 1. The van der Waals surface area contributed by atoms with Gasteiger partial charge in [0.1, 0.15) is 0 Å². The van der Waals surface area contributed by atoms with Gasteiger partial charge in [-0.05, 0) is 6.42 Å². The molecule has 2 nitrogen and oxygen atoms in total. The molecule has 0 aliphatic rings. The van der Waals surface area contributed by atoms with Crippen LogP contribution in [0.15, 0.2) is 0 Å². The van der Waals surface area contributed by atoms with Crippen molar-refractivity contribution in [3.63, 3.8) is 0 Å². The van der Waals surface area contributed by atoms with Crippen molar-refractivity contribution in [3.05, 3.63) is 0 Å². The van der Waals surface area contributed by atoms with Crippen molar-refractivity contribution in [1.82, 2.24) is 0 Å². The predicted octanol–water partition coefficient (Wildman–Crippen LogP) is 5.67. The first-order valence-electron chi connectivity index (χ1n) is 8.39. The lowest BCUT2D eigenvalue weighted by Crippen LogP contribution is -2.07. The van der Waals surface area contributed by atoms with Gasteiger partial charge in [-0.2, -0.15) is 0 Å². The molecule has 0 saturated carbocycles. The van der Waals surface area contributed by atoms with E-state index in [1.165, 1.54) is 70.6 Å². The van der Waals surface area contributed by atoms with Crippen LogP contribution in [0, 0.1) is 5.92 Å². The average molecular weight is 269 g/mol. The van der Waals surface area contributed by atoms with Crippen LogP contribution in [0.1, 0.15) is 97.3 Å². The first-order valence-corrected chi connectivity index (χ1v) is 8.39. The molecule has 0 aromatic carbocycles. The van der Waals surface area contributed by atoms with Gasteiger partial charge in [0.15, 0.2) is 0 Å². The molecule has 1 unspecified atom stereocenters. The third kappa shape index (κ3) is 13.7. The fourth-order valence-electron chi connectivity index (χ4n) is 2.41. The Morgan fingerprint density at radius 1 is 0.737 bits per heavy atom. The monoisotopic (exact) mass is 269 g/mol. The smallest absolute Gasteiger partial charge is 0.247 e. The molecule has 0 aromatic rings. The second-order valence-electron chi connectivity index (χ2n) is 5.90. The van der Waals surface area contributed by atoms with Crippen molar-refractivity contribution in [1.29, 1.82) is 0 Å². The highest BCUT2D eigenvalue weighted by Gasteiger charge is 2.11. The van der Waals surface area contributed by atoms with E-state index in [0.29, 0.717) is 0 Å². The summed E-state index contributed by atoms with van der Waals surface area (Å²) >= 11 is 0. The molecule has 19 heavy (non-hydrogen) atoms. The highest BCUT2D eigenvalue weighted by molar-refractivity contribution is 5.68. The third-order valence-corrected chi connectivity index (χ3v) is 3.89. The molecule has 113 valence electrons. The van der Waals surface area contributed by atoms with E-state index < -0.39 is 5.97 Å². The van der Waals surface area contributed by atoms with Gasteiger partial charge in [-0.3, -0.25) is 0 Å². The predicted molar refractivity (Wildman–Crippen MR) is 80.6 cm³/mol. The van der Waals surface area contributed by atoms with E-state index >= 15 is 0 Å². The zero-order valence-electron chi connectivity index (χ0n) is 13.1. The lowest BCUT2D eigenvalue weighted by atomic mass is 10.0. The number of unbranched alkanes of at least 4 members (excludes halogenated alkanes) is 11. The van der Waals surface area contributed by atoms with Crippen molar-refractivity contribution in [2.45, 2.75) is 97.3 Å². The molecular formula is C17H33O2. The Morgan fingerprint density at radius 2 is 1.11 bits per heavy atom. The van der Waals surface area contributed by atoms with Crippen molar-refractivity contribution < 1.29 is 9.90 Å². The molecule has 1 radical (unpaired) electrons. The van der Waals surface area contributed by atoms with Crippen molar-refractivity contribution >= 4 is 5.97 Å². The van der Waals surface area contributed by atoms with Crippen LogP contribution in [0.2, 0.25) is 0 Å². The van der Waals surface area contributed by atoms with Crippen LogP contribution < -0.4 is 0 Å². The van der Waals surface area contributed by atoms with Gasteiger partial charge >= 0.3 is 5.97 Å². The summed E-state index contributed by atoms with van der Waals surface area (Å²) < 4.78 is 0. The van der Waals surface area contributed by atoms with Crippen LogP contribution >= 0.6 is 0 Å². The van der Waals surface area contributed by atoms with Crippen molar-refractivity contribution in [2.24, 2.45) is 5.92 Å². The van der Waals surface area contributed by atoms with E-state index in [1.807, 2.05) is 0 Å². The Hall–Kier alpha value is -0.530. The minimum Gasteiger partial charge on any atom is -0.247 e. The second kappa shape index (κ2) is 13.9. The molecule has 0 bridgehead atoms. The standard InChI is InChI=1S/C17H33O2/c1-3-4-5-6-7-8-9-10-11-12-13-14-15-16(2)17(18)19/h16H,3-15H2,1-2H3. The molecule has 0 spiro atoms. The summed E-state index contributed by atoms with van der Waals surface area (Å²) in [5.41, 5.74) is 0. The van der Waals surface area contributed by atoms with Gasteiger partial charge in [0.2, 0.25) is 0 Å². The lowest BCUT2D eigenvalue weighted by Gasteiger charge is -2.04. The molecule has 0 fully saturated rings. The lowest BCUT2D eigenvalue weighted by molar-refractivity contribution is -0.147. The van der Waals surface area contributed by atoms with Crippen LogP contribution in [0.25, 0.3) is 0 Å². The maximum absolute atomic E-state index is 10.5. The van der Waals surface area contributed by atoms with Gasteiger partial charge in [0, 0.05) is 0 Å². The summed E-state index contributed by atoms with van der Waals surface area (Å²) in [4.78, 5) is 10.5. The Kier molecular flexibility index (Phi) is 13.5. The summed E-state index contributed by atoms with van der Waals surface area (Å²) in [5, 5.41) is 10.5. The van der Waals surface area contributed by atoms with Crippen LogP contribution in [0.3, 0.4) is 0 Å². The molecule has 0 aliphatic heterocycles. The normalized spacial score (nSPS) is 12.5. The number of rotatable bonds is 14. The highest BCUT2D eigenvalue weighted by Crippen LogP contribution is 2.14. The van der Waals surface area contributed by atoms with Gasteiger partial charge < -0.3 is 0 Å². The summed E-state index contributed by atoms with van der Waals surface area (Å²) in [6.45, 7) is 4.00. The maximum Gasteiger partial charge on any atom is 0.358 e. The fraction of sp³-hybridized carbons (Fsp3) is 0.941. The quantitative estimate of drug-likeness (QED) is 0.374. The molecule has 0 amide bonds. The van der Waals surface area contributed by atoms with E-state index in [2.05, 4.69) is 6.92 Å². The molecule has 0 N–H and O–H groups in total. The Morgan fingerprint density at radius 3 is 1.47 bits per heavy atom. The van der Waals surface area contributed by atoms with Crippen LogP contribution in [0.5, 0.6) is 0 Å². The first kappa shape index (κ1) is 18.5. The van der Waals surface area contributed by atoms with Gasteiger partial charge in [0.05, 0.1) is 5.92 Å². The Labute approximate surface area is 120 Å². The van der Waals surface area contributed by atoms with E-state index in [-0.39, 0.29) is 5.92 Å². The van der Waals surface area contributed by atoms with Crippen molar-refractivity contribution in [3.8, 4) is 0 Å². The van der Waals surface area contributed by atoms with E-state index in [0.717, 1.165) is 12.8 Å². The zero-order valence-corrected chi connectivity index (χ0v) is 13.1. The summed E-state index contributed by atoms with van der Waals surface area (Å²) in [7, 11) is 0. The molecular weight excluding hydrogens is 236 g/mol. The molecule has 0 aromatic heterocycles. The third-order valence-electron chi connectivity index (χ3n) is 3.89. The molecule has 1 atom stereocenters. The van der Waals surface area contributed by atoms with E-state index in [4.69, 9.17) is 0 Å². The summed E-state index contributed by atoms with van der Waals surface area (Å²) in [5.74, 6) is -1.17. The zero-order chi connectivity index (χ0) is 14.3. The molecule has 2 heteroatoms. The average Bonchev–Trinajstić information content (AvgIpc) is 2.39. The van der Waals surface area contributed by atoms with Gasteiger partial charge in [-0.1, -0.05) is 90.9 Å². The van der Waals surface area contributed by atoms with Gasteiger partial charge in [-0.25, -0.2) is 9.90 Å². The Bertz CT molecular complexity index is 201. The Balaban J connectivity index is 3.05. The summed E-state index contributed by atoms with van der Waals surface area (Å²) in [6.07, 6.45) is 16.6. The van der Waals surface area contributed by atoms with Gasteiger partial charge in [0.25, 0.3) is 0 Å². The molecule has 0 aliphatic carbocycles. The van der Waals surface area contributed by atoms with Crippen LogP contribution in [0.4, 0.5) is 0 Å². The summed E-state index contributed by atoms with van der Waals surface area (Å²) in [6, 6.07) is 0. The highest BCUT2D eigenvalue weighted by atomic mass is 16.4. The van der Waals surface area contributed by atoms with E-state index in [9.17, 15) is 9.90 Å². The van der Waals surface area contributed by atoms with Crippen LogP contribution in [-0.4, -0.2) is 5.97 Å². The number of hydrogen-bond acceptors (Lipinski definition) is 1. The SMILES string of the molecule is CCCCCCCCCCCCCCC(C)C([O])=O. The second-order valence-corrected chi connectivity index (χ2v) is 5.90. The largest absolute Gasteiger partial charge is 0.358 e. The van der Waals surface area contributed by atoms with Gasteiger partial charge in [-0.15, -0.1) is 0 Å². The minimum atomic E-state index is -0.900. The maximum atomic E-state index is 10.5. The molecule has 0 saturated heterocycles.